The maximum Gasteiger partial charge on any atom is 0.0767 e. The third kappa shape index (κ3) is 3.38. The van der Waals surface area contributed by atoms with E-state index in [-0.39, 0.29) is 0 Å². The zero-order chi connectivity index (χ0) is 13.8. The van der Waals surface area contributed by atoms with Gasteiger partial charge in [0.1, 0.15) is 0 Å². The molecule has 1 saturated heterocycles. The van der Waals surface area contributed by atoms with Crippen molar-refractivity contribution in [1.82, 2.24) is 20.0 Å². The standard InChI is InChI=1S/C14H25BrN4/c1-4-12-14(15)13(19(5-2)17-12)10-18(3)11-6-8-16-9-7-11/h11,16H,4-10H2,1-3H3. The predicted molar refractivity (Wildman–Crippen MR) is 82.3 cm³/mol. The van der Waals surface area contributed by atoms with Crippen LogP contribution in [0, 0.1) is 0 Å². The van der Waals surface area contributed by atoms with Crippen LogP contribution in [0.25, 0.3) is 0 Å². The van der Waals surface area contributed by atoms with E-state index in [0.29, 0.717) is 6.04 Å². The normalized spacial score (nSPS) is 17.3. The van der Waals surface area contributed by atoms with Gasteiger partial charge >= 0.3 is 0 Å². The van der Waals surface area contributed by atoms with E-state index in [4.69, 9.17) is 0 Å². The first kappa shape index (κ1) is 15.0. The van der Waals surface area contributed by atoms with Gasteiger partial charge in [-0.3, -0.25) is 9.58 Å². The summed E-state index contributed by atoms with van der Waals surface area (Å²) >= 11 is 3.73. The quantitative estimate of drug-likeness (QED) is 0.901. The Labute approximate surface area is 124 Å². The first-order chi connectivity index (χ1) is 9.17. The topological polar surface area (TPSA) is 33.1 Å². The molecule has 1 fully saturated rings. The van der Waals surface area contributed by atoms with E-state index in [1.807, 2.05) is 0 Å². The summed E-state index contributed by atoms with van der Waals surface area (Å²) in [5, 5.41) is 8.10. The lowest BCUT2D eigenvalue weighted by Crippen LogP contribution is -2.41. The third-order valence-electron chi connectivity index (χ3n) is 4.03. The molecule has 1 aliphatic rings. The molecule has 0 aliphatic carbocycles. The second-order valence-corrected chi connectivity index (χ2v) is 6.07. The fourth-order valence-corrected chi connectivity index (χ4v) is 3.47. The summed E-state index contributed by atoms with van der Waals surface area (Å²) in [5.41, 5.74) is 2.50. The molecule has 0 unspecified atom stereocenters. The second-order valence-electron chi connectivity index (χ2n) is 5.27. The molecule has 1 aliphatic heterocycles. The molecule has 19 heavy (non-hydrogen) atoms. The van der Waals surface area contributed by atoms with E-state index in [1.165, 1.54) is 28.7 Å². The third-order valence-corrected chi connectivity index (χ3v) is 4.94. The fraction of sp³-hybridized carbons (Fsp3) is 0.786. The predicted octanol–water partition coefficient (Wildman–Crippen LogP) is 2.41. The molecule has 0 bridgehead atoms. The smallest absolute Gasteiger partial charge is 0.0767 e. The van der Waals surface area contributed by atoms with Gasteiger partial charge in [0, 0.05) is 19.1 Å². The number of nitrogens with one attached hydrogen (secondary N) is 1. The summed E-state index contributed by atoms with van der Waals surface area (Å²) < 4.78 is 3.35. The van der Waals surface area contributed by atoms with Crippen molar-refractivity contribution < 1.29 is 0 Å². The Morgan fingerprint density at radius 1 is 1.37 bits per heavy atom. The minimum absolute atomic E-state index is 0.693. The first-order valence-electron chi connectivity index (χ1n) is 7.32. The average Bonchev–Trinajstić information content (AvgIpc) is 2.76. The number of hydrogen-bond acceptors (Lipinski definition) is 3. The average molecular weight is 329 g/mol. The van der Waals surface area contributed by atoms with Gasteiger partial charge in [-0.05, 0) is 62.3 Å². The Bertz CT molecular complexity index is 410. The minimum atomic E-state index is 0.693. The van der Waals surface area contributed by atoms with Crippen LogP contribution in [0.5, 0.6) is 0 Å². The van der Waals surface area contributed by atoms with Crippen LogP contribution in [0.3, 0.4) is 0 Å². The molecule has 5 heteroatoms. The van der Waals surface area contributed by atoms with Gasteiger partial charge in [-0.2, -0.15) is 5.10 Å². The molecule has 1 aromatic rings. The SMILES string of the molecule is CCc1nn(CC)c(CN(C)C2CCNCC2)c1Br. The molecule has 0 spiro atoms. The van der Waals surface area contributed by atoms with Gasteiger partial charge in [-0.15, -0.1) is 0 Å². The maximum atomic E-state index is 4.68. The summed E-state index contributed by atoms with van der Waals surface area (Å²) in [7, 11) is 2.24. The van der Waals surface area contributed by atoms with Gasteiger partial charge in [0.05, 0.1) is 15.9 Å². The zero-order valence-electron chi connectivity index (χ0n) is 12.2. The number of halogens is 1. The summed E-state index contributed by atoms with van der Waals surface area (Å²) in [6, 6.07) is 0.693. The number of rotatable bonds is 5. The van der Waals surface area contributed by atoms with Crippen LogP contribution in [0.2, 0.25) is 0 Å². The Balaban J connectivity index is 2.10. The minimum Gasteiger partial charge on any atom is -0.317 e. The Hall–Kier alpha value is -0.390. The van der Waals surface area contributed by atoms with Crippen LogP contribution in [0.4, 0.5) is 0 Å². The molecule has 0 radical (unpaired) electrons. The van der Waals surface area contributed by atoms with Crippen LogP contribution in [0.15, 0.2) is 4.47 Å². The number of aromatic nitrogens is 2. The van der Waals surface area contributed by atoms with Crippen molar-refractivity contribution in [2.45, 2.75) is 52.2 Å². The lowest BCUT2D eigenvalue weighted by Gasteiger charge is -2.31. The Kier molecular flexibility index (Phi) is 5.42. The molecule has 0 amide bonds. The molecule has 2 heterocycles. The summed E-state index contributed by atoms with van der Waals surface area (Å²) in [6.45, 7) is 8.52. The fourth-order valence-electron chi connectivity index (χ4n) is 2.78. The van der Waals surface area contributed by atoms with Crippen LogP contribution < -0.4 is 5.32 Å². The molecule has 0 atom stereocenters. The number of hydrogen-bond donors (Lipinski definition) is 1. The molecule has 2 rings (SSSR count). The van der Waals surface area contributed by atoms with Crippen LogP contribution in [-0.4, -0.2) is 40.9 Å². The van der Waals surface area contributed by atoms with E-state index in [9.17, 15) is 0 Å². The first-order valence-corrected chi connectivity index (χ1v) is 8.11. The molecule has 4 nitrogen and oxygen atoms in total. The zero-order valence-corrected chi connectivity index (χ0v) is 13.8. The van der Waals surface area contributed by atoms with Gasteiger partial charge in [-0.25, -0.2) is 0 Å². The molecule has 108 valence electrons. The highest BCUT2D eigenvalue weighted by Gasteiger charge is 2.21. The molecular weight excluding hydrogens is 304 g/mol. The van der Waals surface area contributed by atoms with Gasteiger partial charge in [0.15, 0.2) is 0 Å². The van der Waals surface area contributed by atoms with Crippen molar-refractivity contribution in [2.75, 3.05) is 20.1 Å². The maximum absolute atomic E-state index is 4.68. The Morgan fingerprint density at radius 3 is 2.63 bits per heavy atom. The van der Waals surface area contributed by atoms with Crippen LogP contribution in [-0.2, 0) is 19.5 Å². The lowest BCUT2D eigenvalue weighted by molar-refractivity contribution is 0.187. The summed E-state index contributed by atoms with van der Waals surface area (Å²) in [5.74, 6) is 0. The van der Waals surface area contributed by atoms with E-state index in [1.54, 1.807) is 0 Å². The molecule has 1 N–H and O–H groups in total. The highest BCUT2D eigenvalue weighted by molar-refractivity contribution is 9.10. The van der Waals surface area contributed by atoms with Crippen molar-refractivity contribution in [3.63, 3.8) is 0 Å². The largest absolute Gasteiger partial charge is 0.317 e. The van der Waals surface area contributed by atoms with Gasteiger partial charge in [-0.1, -0.05) is 6.92 Å². The van der Waals surface area contributed by atoms with Crippen LogP contribution >= 0.6 is 15.9 Å². The van der Waals surface area contributed by atoms with Crippen molar-refractivity contribution in [3.8, 4) is 0 Å². The number of aryl methyl sites for hydroxylation is 2. The van der Waals surface area contributed by atoms with E-state index in [0.717, 1.165) is 32.6 Å². The van der Waals surface area contributed by atoms with E-state index >= 15 is 0 Å². The lowest BCUT2D eigenvalue weighted by atomic mass is 10.1. The van der Waals surface area contributed by atoms with Gasteiger partial charge < -0.3 is 5.32 Å². The summed E-state index contributed by atoms with van der Waals surface area (Å²) in [4.78, 5) is 2.48. The molecule has 1 aromatic heterocycles. The van der Waals surface area contributed by atoms with Gasteiger partial charge in [0.25, 0.3) is 0 Å². The van der Waals surface area contributed by atoms with Gasteiger partial charge in [0.2, 0.25) is 0 Å². The highest BCUT2D eigenvalue weighted by atomic mass is 79.9. The van der Waals surface area contributed by atoms with Crippen molar-refractivity contribution in [1.29, 1.82) is 0 Å². The van der Waals surface area contributed by atoms with Crippen molar-refractivity contribution in [3.05, 3.63) is 15.9 Å². The van der Waals surface area contributed by atoms with E-state index < -0.39 is 0 Å². The highest BCUT2D eigenvalue weighted by Crippen LogP contribution is 2.24. The molecule has 0 aromatic carbocycles. The second kappa shape index (κ2) is 6.86. The summed E-state index contributed by atoms with van der Waals surface area (Å²) in [6.07, 6.45) is 3.47. The monoisotopic (exact) mass is 328 g/mol. The van der Waals surface area contributed by atoms with E-state index in [2.05, 4.69) is 56.8 Å². The number of piperidine rings is 1. The Morgan fingerprint density at radius 2 is 2.05 bits per heavy atom. The number of nitrogens with zero attached hydrogens (tertiary/aromatic N) is 3. The molecular formula is C14H25BrN4. The molecule has 0 saturated carbocycles. The van der Waals surface area contributed by atoms with Crippen molar-refractivity contribution >= 4 is 15.9 Å². The van der Waals surface area contributed by atoms with Crippen molar-refractivity contribution in [2.24, 2.45) is 0 Å². The van der Waals surface area contributed by atoms with Crippen LogP contribution in [0.1, 0.15) is 38.1 Å².